The van der Waals surface area contributed by atoms with E-state index in [0.29, 0.717) is 0 Å². The number of benzene rings is 1. The normalized spacial score (nSPS) is 21.0. The molecule has 2 fully saturated rings. The molecule has 2 saturated heterocycles. The number of aromatic nitrogens is 1. The number of thiazole rings is 1. The Morgan fingerprint density at radius 1 is 1.29 bits per heavy atom. The SMILES string of the molecule is Clc1cccc(C2(c3csc(N4CCCNC4)n3)CCOCC2)c1. The highest BCUT2D eigenvalue weighted by Gasteiger charge is 2.39. The predicted octanol–water partition coefficient (Wildman–Crippen LogP) is 3.65. The summed E-state index contributed by atoms with van der Waals surface area (Å²) in [5.74, 6) is 0. The van der Waals surface area contributed by atoms with Crippen LogP contribution in [0.5, 0.6) is 0 Å². The van der Waals surface area contributed by atoms with Gasteiger partial charge >= 0.3 is 0 Å². The van der Waals surface area contributed by atoms with E-state index in [4.69, 9.17) is 21.3 Å². The van der Waals surface area contributed by atoms with Crippen LogP contribution in [0, 0.1) is 0 Å². The molecule has 128 valence electrons. The Balaban J connectivity index is 1.70. The second kappa shape index (κ2) is 7.00. The molecule has 24 heavy (non-hydrogen) atoms. The summed E-state index contributed by atoms with van der Waals surface area (Å²) in [4.78, 5) is 7.38. The Morgan fingerprint density at radius 2 is 2.17 bits per heavy atom. The zero-order valence-corrected chi connectivity index (χ0v) is 15.2. The van der Waals surface area contributed by atoms with E-state index in [0.717, 1.165) is 56.0 Å². The predicted molar refractivity (Wildman–Crippen MR) is 99.2 cm³/mol. The maximum atomic E-state index is 6.27. The fourth-order valence-corrected chi connectivity index (χ4v) is 4.82. The standard InChI is InChI=1S/C18H22ClN3OS/c19-15-4-1-3-14(11-15)18(5-9-23-10-6-18)16-12-24-17(21-16)22-8-2-7-20-13-22/h1,3-4,11-12,20H,2,5-10,13H2. The van der Waals surface area contributed by atoms with Gasteiger partial charge in [-0.3, -0.25) is 5.32 Å². The van der Waals surface area contributed by atoms with E-state index in [1.165, 1.54) is 17.7 Å². The molecule has 0 bridgehead atoms. The highest BCUT2D eigenvalue weighted by Crippen LogP contribution is 2.43. The van der Waals surface area contributed by atoms with Crippen LogP contribution in [0.15, 0.2) is 29.6 Å². The average molecular weight is 364 g/mol. The van der Waals surface area contributed by atoms with Crippen LogP contribution >= 0.6 is 22.9 Å². The van der Waals surface area contributed by atoms with Gasteiger partial charge in [0.15, 0.2) is 5.13 Å². The zero-order valence-electron chi connectivity index (χ0n) is 13.6. The van der Waals surface area contributed by atoms with Crippen molar-refractivity contribution in [3.63, 3.8) is 0 Å². The van der Waals surface area contributed by atoms with Crippen LogP contribution in [-0.4, -0.2) is 38.0 Å². The number of rotatable bonds is 3. The van der Waals surface area contributed by atoms with Crippen molar-refractivity contribution in [3.8, 4) is 0 Å². The van der Waals surface area contributed by atoms with Gasteiger partial charge in [-0.2, -0.15) is 0 Å². The van der Waals surface area contributed by atoms with Crippen molar-refractivity contribution in [1.82, 2.24) is 10.3 Å². The van der Waals surface area contributed by atoms with Crippen LogP contribution < -0.4 is 10.2 Å². The minimum atomic E-state index is -0.0822. The molecule has 0 amide bonds. The lowest BCUT2D eigenvalue weighted by molar-refractivity contribution is 0.0620. The van der Waals surface area contributed by atoms with Gasteiger partial charge in [-0.25, -0.2) is 4.98 Å². The lowest BCUT2D eigenvalue weighted by Crippen LogP contribution is -2.41. The van der Waals surface area contributed by atoms with Crippen LogP contribution in [0.2, 0.25) is 5.02 Å². The van der Waals surface area contributed by atoms with Crippen molar-refractivity contribution in [1.29, 1.82) is 0 Å². The molecule has 3 heterocycles. The van der Waals surface area contributed by atoms with E-state index < -0.39 is 0 Å². The molecule has 0 saturated carbocycles. The van der Waals surface area contributed by atoms with E-state index in [2.05, 4.69) is 27.7 Å². The number of halogens is 1. The van der Waals surface area contributed by atoms with Gasteiger partial charge in [0.25, 0.3) is 0 Å². The third-order valence-electron chi connectivity index (χ3n) is 5.06. The number of hydrogen-bond acceptors (Lipinski definition) is 5. The van der Waals surface area contributed by atoms with Crippen molar-refractivity contribution in [2.24, 2.45) is 0 Å². The molecule has 6 heteroatoms. The molecule has 0 spiro atoms. The van der Waals surface area contributed by atoms with Gasteiger partial charge < -0.3 is 9.64 Å². The lowest BCUT2D eigenvalue weighted by Gasteiger charge is -2.36. The molecule has 0 unspecified atom stereocenters. The summed E-state index contributed by atoms with van der Waals surface area (Å²) in [6, 6.07) is 8.24. The summed E-state index contributed by atoms with van der Waals surface area (Å²) in [6.45, 7) is 4.60. The topological polar surface area (TPSA) is 37.4 Å². The quantitative estimate of drug-likeness (QED) is 0.903. The molecule has 0 radical (unpaired) electrons. The third-order valence-corrected chi connectivity index (χ3v) is 6.20. The average Bonchev–Trinajstić information content (AvgIpc) is 3.14. The van der Waals surface area contributed by atoms with E-state index >= 15 is 0 Å². The number of ether oxygens (including phenoxy) is 1. The van der Waals surface area contributed by atoms with Crippen molar-refractivity contribution in [3.05, 3.63) is 45.9 Å². The lowest BCUT2D eigenvalue weighted by atomic mass is 9.72. The minimum Gasteiger partial charge on any atom is -0.381 e. The molecule has 2 aliphatic rings. The summed E-state index contributed by atoms with van der Waals surface area (Å²) in [5, 5.41) is 7.56. The summed E-state index contributed by atoms with van der Waals surface area (Å²) in [5.41, 5.74) is 2.34. The summed E-state index contributed by atoms with van der Waals surface area (Å²) < 4.78 is 5.64. The summed E-state index contributed by atoms with van der Waals surface area (Å²) in [7, 11) is 0. The van der Waals surface area contributed by atoms with E-state index in [1.54, 1.807) is 11.3 Å². The van der Waals surface area contributed by atoms with Crippen LogP contribution in [-0.2, 0) is 10.2 Å². The smallest absolute Gasteiger partial charge is 0.186 e. The first kappa shape index (κ1) is 16.3. The number of hydrogen-bond donors (Lipinski definition) is 1. The molecule has 1 aromatic carbocycles. The first-order valence-electron chi connectivity index (χ1n) is 8.53. The molecular formula is C18H22ClN3OS. The fraction of sp³-hybridized carbons (Fsp3) is 0.500. The number of nitrogens with zero attached hydrogens (tertiary/aromatic N) is 2. The maximum Gasteiger partial charge on any atom is 0.186 e. The van der Waals surface area contributed by atoms with Crippen molar-refractivity contribution in [2.45, 2.75) is 24.7 Å². The van der Waals surface area contributed by atoms with Gasteiger partial charge in [0, 0.05) is 35.6 Å². The Kier molecular flexibility index (Phi) is 4.77. The highest BCUT2D eigenvalue weighted by atomic mass is 35.5. The van der Waals surface area contributed by atoms with Gasteiger partial charge in [-0.05, 0) is 43.5 Å². The van der Waals surface area contributed by atoms with Gasteiger partial charge in [0.2, 0.25) is 0 Å². The molecule has 1 N–H and O–H groups in total. The molecule has 2 aromatic rings. The van der Waals surface area contributed by atoms with Gasteiger partial charge in [0.05, 0.1) is 12.4 Å². The van der Waals surface area contributed by atoms with Crippen molar-refractivity contribution >= 4 is 28.1 Å². The van der Waals surface area contributed by atoms with Crippen LogP contribution in [0.25, 0.3) is 0 Å². The molecule has 0 atom stereocenters. The monoisotopic (exact) mass is 363 g/mol. The molecule has 1 aromatic heterocycles. The zero-order chi connectivity index (χ0) is 16.4. The van der Waals surface area contributed by atoms with Crippen LogP contribution in [0.1, 0.15) is 30.5 Å². The third kappa shape index (κ3) is 3.06. The second-order valence-corrected chi connectivity index (χ2v) is 7.77. The Hall–Kier alpha value is -1.14. The molecule has 2 aliphatic heterocycles. The summed E-state index contributed by atoms with van der Waals surface area (Å²) >= 11 is 8.02. The van der Waals surface area contributed by atoms with Crippen LogP contribution in [0.3, 0.4) is 0 Å². The van der Waals surface area contributed by atoms with Gasteiger partial charge in [0.1, 0.15) is 0 Å². The molecular weight excluding hydrogens is 342 g/mol. The first-order valence-corrected chi connectivity index (χ1v) is 9.79. The highest BCUT2D eigenvalue weighted by molar-refractivity contribution is 7.13. The van der Waals surface area contributed by atoms with Gasteiger partial charge in [-0.1, -0.05) is 23.7 Å². The Morgan fingerprint density at radius 3 is 2.92 bits per heavy atom. The van der Waals surface area contributed by atoms with Gasteiger partial charge in [-0.15, -0.1) is 11.3 Å². The van der Waals surface area contributed by atoms with Crippen molar-refractivity contribution in [2.75, 3.05) is 37.9 Å². The fourth-order valence-electron chi connectivity index (χ4n) is 3.68. The molecule has 4 rings (SSSR count). The second-order valence-electron chi connectivity index (χ2n) is 6.50. The number of nitrogens with one attached hydrogen (secondary N) is 1. The van der Waals surface area contributed by atoms with E-state index in [1.807, 2.05) is 12.1 Å². The first-order chi connectivity index (χ1) is 11.8. The molecule has 4 nitrogen and oxygen atoms in total. The largest absolute Gasteiger partial charge is 0.381 e. The van der Waals surface area contributed by atoms with Crippen molar-refractivity contribution < 1.29 is 4.74 Å². The Labute approximate surface area is 151 Å². The Bertz CT molecular complexity index is 693. The minimum absolute atomic E-state index is 0.0822. The van der Waals surface area contributed by atoms with E-state index in [9.17, 15) is 0 Å². The summed E-state index contributed by atoms with van der Waals surface area (Å²) in [6.07, 6.45) is 3.08. The van der Waals surface area contributed by atoms with Crippen LogP contribution in [0.4, 0.5) is 5.13 Å². The van der Waals surface area contributed by atoms with E-state index in [-0.39, 0.29) is 5.41 Å². The maximum absolute atomic E-state index is 6.27. The number of anilines is 1. The molecule has 0 aliphatic carbocycles.